The summed E-state index contributed by atoms with van der Waals surface area (Å²) in [5.74, 6) is 1.58. The second-order valence-corrected chi connectivity index (χ2v) is 5.16. The highest BCUT2D eigenvalue weighted by molar-refractivity contribution is 6.31. The molecule has 0 saturated heterocycles. The summed E-state index contributed by atoms with van der Waals surface area (Å²) in [6, 6.07) is 13.5. The summed E-state index contributed by atoms with van der Waals surface area (Å²) in [7, 11) is 1.90. The lowest BCUT2D eigenvalue weighted by atomic mass is 10.1. The number of benzene rings is 2. The number of rotatable bonds is 7. The van der Waals surface area contributed by atoms with E-state index < -0.39 is 0 Å². The van der Waals surface area contributed by atoms with Crippen molar-refractivity contribution < 1.29 is 9.47 Å². The van der Waals surface area contributed by atoms with Gasteiger partial charge in [0.25, 0.3) is 0 Å². The molecule has 3 nitrogen and oxygen atoms in total. The van der Waals surface area contributed by atoms with Gasteiger partial charge in [0.1, 0.15) is 24.7 Å². The number of nitrogens with one attached hydrogen (secondary N) is 1. The van der Waals surface area contributed by atoms with Crippen LogP contribution in [0.4, 0.5) is 0 Å². The van der Waals surface area contributed by atoms with E-state index in [0.717, 1.165) is 34.2 Å². The van der Waals surface area contributed by atoms with Crippen LogP contribution in [-0.4, -0.2) is 20.2 Å². The zero-order chi connectivity index (χ0) is 15.1. The normalized spacial score (nSPS) is 10.4. The van der Waals surface area contributed by atoms with Gasteiger partial charge in [-0.2, -0.15) is 0 Å². The smallest absolute Gasteiger partial charge is 0.123 e. The first-order valence-corrected chi connectivity index (χ1v) is 7.33. The molecule has 4 heteroatoms. The maximum atomic E-state index is 6.20. The Morgan fingerprint density at radius 2 is 1.76 bits per heavy atom. The highest BCUT2D eigenvalue weighted by Crippen LogP contribution is 2.24. The van der Waals surface area contributed by atoms with Crippen LogP contribution in [0.2, 0.25) is 5.02 Å². The Morgan fingerprint density at radius 3 is 2.48 bits per heavy atom. The van der Waals surface area contributed by atoms with E-state index in [-0.39, 0.29) is 0 Å². The fourth-order valence-electron chi connectivity index (χ4n) is 1.93. The van der Waals surface area contributed by atoms with Gasteiger partial charge in [0.05, 0.1) is 0 Å². The van der Waals surface area contributed by atoms with Crippen LogP contribution in [0, 0.1) is 6.92 Å². The third-order valence-corrected chi connectivity index (χ3v) is 3.52. The summed E-state index contributed by atoms with van der Waals surface area (Å²) in [5, 5.41) is 3.77. The Morgan fingerprint density at radius 1 is 1.05 bits per heavy atom. The van der Waals surface area contributed by atoms with Crippen molar-refractivity contribution in [3.63, 3.8) is 0 Å². The standard InChI is InChI=1S/C17H20ClNO2/c1-13-5-3-8-17(18)16(13)12-21-15-7-4-6-14(11-15)20-10-9-19-2/h3-8,11,19H,9-10,12H2,1-2H3. The minimum Gasteiger partial charge on any atom is -0.492 e. The summed E-state index contributed by atoms with van der Waals surface area (Å²) in [4.78, 5) is 0. The summed E-state index contributed by atoms with van der Waals surface area (Å²) in [6.07, 6.45) is 0. The molecule has 0 heterocycles. The quantitative estimate of drug-likeness (QED) is 0.789. The molecule has 0 fully saturated rings. The first kappa shape index (κ1) is 15.7. The van der Waals surface area contributed by atoms with Gasteiger partial charge in [-0.25, -0.2) is 0 Å². The molecule has 2 aromatic rings. The lowest BCUT2D eigenvalue weighted by Crippen LogP contribution is -2.15. The Balaban J connectivity index is 1.98. The Kier molecular flexibility index (Phi) is 5.90. The van der Waals surface area contributed by atoms with Gasteiger partial charge in [-0.05, 0) is 37.7 Å². The molecule has 0 amide bonds. The van der Waals surface area contributed by atoms with Gasteiger partial charge in [-0.3, -0.25) is 0 Å². The maximum absolute atomic E-state index is 6.20. The van der Waals surface area contributed by atoms with Gasteiger partial charge >= 0.3 is 0 Å². The van der Waals surface area contributed by atoms with E-state index in [4.69, 9.17) is 21.1 Å². The largest absolute Gasteiger partial charge is 0.492 e. The van der Waals surface area contributed by atoms with E-state index in [9.17, 15) is 0 Å². The Bertz CT molecular complexity index is 567. The van der Waals surface area contributed by atoms with Crippen molar-refractivity contribution in [3.8, 4) is 11.5 Å². The Labute approximate surface area is 130 Å². The third-order valence-electron chi connectivity index (χ3n) is 3.16. The summed E-state index contributed by atoms with van der Waals surface area (Å²) in [6.45, 7) is 3.92. The minimum atomic E-state index is 0.450. The molecule has 0 aliphatic rings. The van der Waals surface area contributed by atoms with Crippen molar-refractivity contribution in [2.45, 2.75) is 13.5 Å². The predicted octanol–water partition coefficient (Wildman–Crippen LogP) is 3.83. The third kappa shape index (κ3) is 4.66. The molecule has 0 unspecified atom stereocenters. The fourth-order valence-corrected chi connectivity index (χ4v) is 2.21. The molecule has 0 spiro atoms. The average Bonchev–Trinajstić information content (AvgIpc) is 2.47. The van der Waals surface area contributed by atoms with Crippen LogP contribution in [-0.2, 0) is 6.61 Å². The van der Waals surface area contributed by atoms with Gasteiger partial charge in [0.15, 0.2) is 0 Å². The van der Waals surface area contributed by atoms with E-state index in [1.165, 1.54) is 0 Å². The molecule has 0 radical (unpaired) electrons. The second-order valence-electron chi connectivity index (χ2n) is 4.75. The first-order chi connectivity index (χ1) is 10.2. The zero-order valence-corrected chi connectivity index (χ0v) is 13.1. The van der Waals surface area contributed by atoms with Gasteiger partial charge in [-0.1, -0.05) is 29.8 Å². The summed E-state index contributed by atoms with van der Waals surface area (Å²) < 4.78 is 11.4. The monoisotopic (exact) mass is 305 g/mol. The number of likely N-dealkylation sites (N-methyl/N-ethyl adjacent to an activating group) is 1. The van der Waals surface area contributed by atoms with Crippen molar-refractivity contribution in [1.29, 1.82) is 0 Å². The minimum absolute atomic E-state index is 0.450. The van der Waals surface area contributed by atoms with Crippen molar-refractivity contribution in [1.82, 2.24) is 5.32 Å². The summed E-state index contributed by atoms with van der Waals surface area (Å²) >= 11 is 6.20. The van der Waals surface area contributed by atoms with E-state index in [2.05, 4.69) is 5.32 Å². The topological polar surface area (TPSA) is 30.5 Å². The van der Waals surface area contributed by atoms with Gasteiger partial charge < -0.3 is 14.8 Å². The second kappa shape index (κ2) is 7.91. The van der Waals surface area contributed by atoms with E-state index in [1.54, 1.807) is 0 Å². The van der Waals surface area contributed by atoms with Crippen molar-refractivity contribution in [2.24, 2.45) is 0 Å². The SMILES string of the molecule is CNCCOc1cccc(OCc2c(C)cccc2Cl)c1. The molecule has 21 heavy (non-hydrogen) atoms. The molecule has 0 aromatic heterocycles. The van der Waals surface area contributed by atoms with E-state index in [1.807, 2.05) is 56.4 Å². The molecule has 0 saturated carbocycles. The molecule has 112 valence electrons. The molecule has 2 aromatic carbocycles. The Hall–Kier alpha value is -1.71. The molecular weight excluding hydrogens is 286 g/mol. The highest BCUT2D eigenvalue weighted by atomic mass is 35.5. The zero-order valence-electron chi connectivity index (χ0n) is 12.4. The molecule has 0 bridgehead atoms. The van der Waals surface area contributed by atoms with Gasteiger partial charge in [-0.15, -0.1) is 0 Å². The van der Waals surface area contributed by atoms with Crippen LogP contribution >= 0.6 is 11.6 Å². The highest BCUT2D eigenvalue weighted by Gasteiger charge is 2.05. The molecule has 1 N–H and O–H groups in total. The molecule has 0 atom stereocenters. The molecule has 2 rings (SSSR count). The number of hydrogen-bond donors (Lipinski definition) is 1. The van der Waals surface area contributed by atoms with Crippen LogP contribution in [0.3, 0.4) is 0 Å². The average molecular weight is 306 g/mol. The number of ether oxygens (including phenoxy) is 2. The van der Waals surface area contributed by atoms with Crippen LogP contribution in [0.15, 0.2) is 42.5 Å². The van der Waals surface area contributed by atoms with E-state index in [0.29, 0.717) is 13.2 Å². The van der Waals surface area contributed by atoms with Crippen LogP contribution < -0.4 is 14.8 Å². The maximum Gasteiger partial charge on any atom is 0.123 e. The fraction of sp³-hybridized carbons (Fsp3) is 0.294. The van der Waals surface area contributed by atoms with Crippen molar-refractivity contribution in [2.75, 3.05) is 20.2 Å². The molecule has 0 aliphatic heterocycles. The molecular formula is C17H20ClNO2. The molecule has 0 aliphatic carbocycles. The number of hydrogen-bond acceptors (Lipinski definition) is 3. The van der Waals surface area contributed by atoms with E-state index >= 15 is 0 Å². The lowest BCUT2D eigenvalue weighted by Gasteiger charge is -2.12. The lowest BCUT2D eigenvalue weighted by molar-refractivity contribution is 0.295. The number of aryl methyl sites for hydroxylation is 1. The van der Waals surface area contributed by atoms with Crippen molar-refractivity contribution in [3.05, 3.63) is 58.6 Å². The first-order valence-electron chi connectivity index (χ1n) is 6.95. The van der Waals surface area contributed by atoms with Crippen molar-refractivity contribution >= 4 is 11.6 Å². The summed E-state index contributed by atoms with van der Waals surface area (Å²) in [5.41, 5.74) is 2.14. The van der Waals surface area contributed by atoms with Gasteiger partial charge in [0.2, 0.25) is 0 Å². The number of halogens is 1. The van der Waals surface area contributed by atoms with Crippen LogP contribution in [0.5, 0.6) is 11.5 Å². The van der Waals surface area contributed by atoms with Gasteiger partial charge in [0, 0.05) is 23.2 Å². The van der Waals surface area contributed by atoms with Crippen LogP contribution in [0.25, 0.3) is 0 Å². The van der Waals surface area contributed by atoms with Crippen LogP contribution in [0.1, 0.15) is 11.1 Å². The predicted molar refractivity (Wildman–Crippen MR) is 86.4 cm³/mol.